The van der Waals surface area contributed by atoms with E-state index in [0.717, 1.165) is 0 Å². The first-order valence-electron chi connectivity index (χ1n) is 3.81. The summed E-state index contributed by atoms with van der Waals surface area (Å²) in [6.45, 7) is 5.92. The van der Waals surface area contributed by atoms with Crippen molar-refractivity contribution in [2.75, 3.05) is 13.2 Å². The van der Waals surface area contributed by atoms with Crippen LogP contribution in [-0.2, 0) is 14.4 Å². The van der Waals surface area contributed by atoms with Gasteiger partial charge in [0.05, 0.1) is 12.2 Å². The number of rotatable bonds is 4. The van der Waals surface area contributed by atoms with E-state index in [-0.39, 0.29) is 0 Å². The summed E-state index contributed by atoms with van der Waals surface area (Å²) in [6.07, 6.45) is 0. The molecule has 0 unspecified atom stereocenters. The van der Waals surface area contributed by atoms with Gasteiger partial charge in [0.15, 0.2) is 0 Å². The Bertz CT molecular complexity index is 204. The van der Waals surface area contributed by atoms with Gasteiger partial charge in [0.1, 0.15) is 6.61 Å². The summed E-state index contributed by atoms with van der Waals surface area (Å²) >= 11 is 0. The largest absolute Gasteiger partial charge is 0.462 e. The lowest BCUT2D eigenvalue weighted by molar-refractivity contribution is -0.138. The molecular formula is C8H13NO3. The minimum absolute atomic E-state index is 0.310. The van der Waals surface area contributed by atoms with Crippen LogP contribution in [0.15, 0.2) is 10.7 Å². The van der Waals surface area contributed by atoms with E-state index in [1.807, 2.05) is 0 Å². The van der Waals surface area contributed by atoms with Crippen molar-refractivity contribution >= 4 is 11.8 Å². The van der Waals surface area contributed by atoms with Gasteiger partial charge in [-0.2, -0.15) is 0 Å². The van der Waals surface area contributed by atoms with E-state index in [4.69, 9.17) is 0 Å². The van der Waals surface area contributed by atoms with Gasteiger partial charge in [-0.05, 0) is 25.9 Å². The van der Waals surface area contributed by atoms with Crippen LogP contribution in [0.2, 0.25) is 0 Å². The van der Waals surface area contributed by atoms with E-state index in [0.29, 0.717) is 18.8 Å². The van der Waals surface area contributed by atoms with E-state index in [2.05, 4.69) is 20.6 Å². The van der Waals surface area contributed by atoms with Crippen LogP contribution in [0.5, 0.6) is 0 Å². The van der Waals surface area contributed by atoms with Crippen LogP contribution in [0.3, 0.4) is 0 Å². The molecule has 68 valence electrons. The van der Waals surface area contributed by atoms with Gasteiger partial charge in [0, 0.05) is 5.87 Å². The monoisotopic (exact) mass is 171 g/mol. The zero-order chi connectivity index (χ0) is 9.40. The highest BCUT2D eigenvalue weighted by molar-refractivity contribution is 5.96. The molecule has 0 atom stereocenters. The van der Waals surface area contributed by atoms with E-state index in [1.54, 1.807) is 20.8 Å². The SMILES string of the molecule is CCON=C=C(C)C(=O)OCC. The van der Waals surface area contributed by atoms with Crippen molar-refractivity contribution in [1.29, 1.82) is 0 Å². The average Bonchev–Trinajstić information content (AvgIpc) is 2.05. The van der Waals surface area contributed by atoms with Gasteiger partial charge in [0.2, 0.25) is 0 Å². The van der Waals surface area contributed by atoms with Crippen LogP contribution >= 0.6 is 0 Å². The number of nitrogens with zero attached hydrogens (tertiary/aromatic N) is 1. The molecule has 0 aliphatic heterocycles. The molecule has 4 nitrogen and oxygen atoms in total. The second-order valence-electron chi connectivity index (χ2n) is 1.97. The molecule has 0 aromatic rings. The molecule has 0 fully saturated rings. The Morgan fingerprint density at radius 2 is 2.08 bits per heavy atom. The Kier molecular flexibility index (Phi) is 5.75. The molecule has 0 heterocycles. The summed E-state index contributed by atoms with van der Waals surface area (Å²) in [6, 6.07) is 0. The predicted octanol–water partition coefficient (Wildman–Crippen LogP) is 1.12. The van der Waals surface area contributed by atoms with Crippen LogP contribution in [0.1, 0.15) is 20.8 Å². The minimum atomic E-state index is -0.416. The Hall–Kier alpha value is -1.28. The summed E-state index contributed by atoms with van der Waals surface area (Å²) < 4.78 is 4.68. The van der Waals surface area contributed by atoms with Crippen LogP contribution in [0.4, 0.5) is 0 Å². The zero-order valence-electron chi connectivity index (χ0n) is 7.59. The van der Waals surface area contributed by atoms with Crippen molar-refractivity contribution in [3.8, 4) is 0 Å². The van der Waals surface area contributed by atoms with Gasteiger partial charge in [-0.25, -0.2) is 4.79 Å². The maximum atomic E-state index is 10.9. The van der Waals surface area contributed by atoms with Crippen molar-refractivity contribution in [1.82, 2.24) is 0 Å². The molecule has 0 N–H and O–H groups in total. The molecule has 12 heavy (non-hydrogen) atoms. The number of carbonyl (C=O) groups excluding carboxylic acids is 1. The lowest BCUT2D eigenvalue weighted by Gasteiger charge is -1.96. The Balaban J connectivity index is 4.07. The molecule has 0 saturated carbocycles. The van der Waals surface area contributed by atoms with Crippen LogP contribution in [0, 0.1) is 0 Å². The summed E-state index contributed by atoms with van der Waals surface area (Å²) in [4.78, 5) is 15.5. The Labute approximate surface area is 71.8 Å². The third-order valence-corrected chi connectivity index (χ3v) is 0.989. The van der Waals surface area contributed by atoms with E-state index in [1.165, 1.54) is 0 Å². The lowest BCUT2D eigenvalue weighted by Crippen LogP contribution is -2.05. The van der Waals surface area contributed by atoms with Crippen molar-refractivity contribution in [2.24, 2.45) is 5.16 Å². The van der Waals surface area contributed by atoms with Gasteiger partial charge in [-0.15, -0.1) is 0 Å². The quantitative estimate of drug-likeness (QED) is 0.275. The third kappa shape index (κ3) is 4.52. The van der Waals surface area contributed by atoms with Crippen LogP contribution in [-0.4, -0.2) is 25.1 Å². The van der Waals surface area contributed by atoms with Crippen molar-refractivity contribution in [2.45, 2.75) is 20.8 Å². The molecule has 0 aromatic carbocycles. The van der Waals surface area contributed by atoms with Crippen LogP contribution in [0.25, 0.3) is 0 Å². The van der Waals surface area contributed by atoms with Crippen molar-refractivity contribution in [3.63, 3.8) is 0 Å². The molecule has 0 saturated heterocycles. The van der Waals surface area contributed by atoms with E-state index < -0.39 is 5.97 Å². The van der Waals surface area contributed by atoms with Gasteiger partial charge in [0.25, 0.3) is 0 Å². The fourth-order valence-electron chi connectivity index (χ4n) is 0.450. The Morgan fingerprint density at radius 1 is 1.42 bits per heavy atom. The van der Waals surface area contributed by atoms with Gasteiger partial charge >= 0.3 is 5.97 Å². The normalized spacial score (nSPS) is 8.25. The summed E-state index contributed by atoms with van der Waals surface area (Å²) in [7, 11) is 0. The molecule has 4 heteroatoms. The number of hydrogen-bond donors (Lipinski definition) is 0. The number of carbonyl (C=O) groups is 1. The topological polar surface area (TPSA) is 47.9 Å². The predicted molar refractivity (Wildman–Crippen MR) is 44.9 cm³/mol. The van der Waals surface area contributed by atoms with Crippen molar-refractivity contribution in [3.05, 3.63) is 5.57 Å². The maximum Gasteiger partial charge on any atom is 0.343 e. The number of esters is 1. The lowest BCUT2D eigenvalue weighted by atomic mass is 10.3. The smallest absolute Gasteiger partial charge is 0.343 e. The third-order valence-electron chi connectivity index (χ3n) is 0.989. The van der Waals surface area contributed by atoms with Crippen LogP contribution < -0.4 is 0 Å². The molecule has 0 radical (unpaired) electrons. The summed E-state index contributed by atoms with van der Waals surface area (Å²) in [5.41, 5.74) is 0.310. The molecular weight excluding hydrogens is 158 g/mol. The zero-order valence-corrected chi connectivity index (χ0v) is 7.59. The summed E-state index contributed by atoms with van der Waals surface area (Å²) in [5.74, 6) is 2.00. The molecule has 0 rings (SSSR count). The first kappa shape index (κ1) is 10.7. The second kappa shape index (κ2) is 6.43. The fraction of sp³-hybridized carbons (Fsp3) is 0.625. The molecule has 0 bridgehead atoms. The van der Waals surface area contributed by atoms with Crippen molar-refractivity contribution < 1.29 is 14.4 Å². The van der Waals surface area contributed by atoms with E-state index >= 15 is 0 Å². The number of hydrogen-bond acceptors (Lipinski definition) is 4. The number of ether oxygens (including phenoxy) is 1. The molecule has 0 aliphatic carbocycles. The average molecular weight is 171 g/mol. The second-order valence-corrected chi connectivity index (χ2v) is 1.97. The molecule has 0 aliphatic rings. The fourth-order valence-corrected chi connectivity index (χ4v) is 0.450. The highest BCUT2D eigenvalue weighted by Crippen LogP contribution is 1.90. The minimum Gasteiger partial charge on any atom is -0.462 e. The molecule has 0 spiro atoms. The molecule has 0 amide bonds. The highest BCUT2D eigenvalue weighted by Gasteiger charge is 2.02. The van der Waals surface area contributed by atoms with Gasteiger partial charge in [-0.3, -0.25) is 0 Å². The van der Waals surface area contributed by atoms with Gasteiger partial charge in [-0.1, -0.05) is 0 Å². The molecule has 0 aromatic heterocycles. The maximum absolute atomic E-state index is 10.9. The highest BCUT2D eigenvalue weighted by atomic mass is 16.6. The van der Waals surface area contributed by atoms with Gasteiger partial charge < -0.3 is 9.57 Å². The van der Waals surface area contributed by atoms with E-state index in [9.17, 15) is 4.79 Å². The first-order valence-corrected chi connectivity index (χ1v) is 3.81. The standard InChI is InChI=1S/C8H13NO3/c1-4-11-8(10)7(3)6-9-12-5-2/h4-5H2,1-3H3. The Morgan fingerprint density at radius 3 is 2.58 bits per heavy atom. The summed E-state index contributed by atoms with van der Waals surface area (Å²) in [5, 5.41) is 3.41. The first-order chi connectivity index (χ1) is 5.72.